The number of morpholine rings is 1. The van der Waals surface area contributed by atoms with Crippen molar-refractivity contribution >= 4 is 11.8 Å². The topological polar surface area (TPSA) is 76.7 Å². The molecule has 0 spiro atoms. The quantitative estimate of drug-likeness (QED) is 0.599. The fourth-order valence-electron chi connectivity index (χ4n) is 3.25. The van der Waals surface area contributed by atoms with Crippen molar-refractivity contribution in [2.45, 2.75) is 18.5 Å². The number of benzene rings is 1. The maximum absolute atomic E-state index is 12.6. The average molecular weight is 389 g/mol. The molecule has 1 aromatic carbocycles. The summed E-state index contributed by atoms with van der Waals surface area (Å²) in [5.41, 5.74) is 2.20. The van der Waals surface area contributed by atoms with Gasteiger partial charge in [-0.1, -0.05) is 18.7 Å². The van der Waals surface area contributed by atoms with Crippen LogP contribution in [0.1, 0.15) is 12.5 Å². The van der Waals surface area contributed by atoms with E-state index in [-0.39, 0.29) is 12.4 Å². The van der Waals surface area contributed by atoms with Crippen LogP contribution in [-0.4, -0.2) is 60.3 Å². The van der Waals surface area contributed by atoms with E-state index in [1.165, 1.54) is 0 Å². The molecule has 1 fully saturated rings. The van der Waals surface area contributed by atoms with Gasteiger partial charge in [-0.2, -0.15) is 0 Å². The van der Waals surface area contributed by atoms with Crippen molar-refractivity contribution in [3.8, 4) is 22.8 Å². The van der Waals surface area contributed by atoms with Crippen LogP contribution in [0.5, 0.6) is 11.5 Å². The van der Waals surface area contributed by atoms with Crippen molar-refractivity contribution in [3.63, 3.8) is 0 Å². The second kappa shape index (κ2) is 8.33. The van der Waals surface area contributed by atoms with Crippen molar-refractivity contribution in [2.24, 2.45) is 0 Å². The molecule has 0 radical (unpaired) electrons. The third-order valence-electron chi connectivity index (χ3n) is 4.74. The Balaban J connectivity index is 1.54. The molecule has 144 valence electrons. The Morgan fingerprint density at radius 2 is 2.04 bits per heavy atom. The molecule has 0 atom stereocenters. The van der Waals surface area contributed by atoms with Crippen molar-refractivity contribution in [2.75, 3.05) is 45.4 Å². The monoisotopic (exact) mass is 389 g/mol. The zero-order valence-corrected chi connectivity index (χ0v) is 16.1. The van der Waals surface area contributed by atoms with Gasteiger partial charge in [-0.3, -0.25) is 9.69 Å². The number of nitrogens with one attached hydrogen (secondary N) is 1. The highest BCUT2D eigenvalue weighted by Crippen LogP contribution is 2.36. The van der Waals surface area contributed by atoms with Crippen LogP contribution >= 0.6 is 11.8 Å². The number of hydrogen-bond donors (Lipinski definition) is 1. The highest BCUT2D eigenvalue weighted by Gasteiger charge is 2.18. The van der Waals surface area contributed by atoms with Crippen LogP contribution in [0, 0.1) is 0 Å². The lowest BCUT2D eigenvalue weighted by atomic mass is 10.0. The summed E-state index contributed by atoms with van der Waals surface area (Å²) < 4.78 is 16.2. The molecule has 27 heavy (non-hydrogen) atoms. The van der Waals surface area contributed by atoms with Crippen molar-refractivity contribution < 1.29 is 14.2 Å². The summed E-state index contributed by atoms with van der Waals surface area (Å²) in [6, 6.07) is 5.69. The molecule has 3 heterocycles. The van der Waals surface area contributed by atoms with Gasteiger partial charge in [0.05, 0.1) is 18.9 Å². The van der Waals surface area contributed by atoms with E-state index in [2.05, 4.69) is 9.88 Å². The zero-order chi connectivity index (χ0) is 18.6. The summed E-state index contributed by atoms with van der Waals surface area (Å²) in [5.74, 6) is 2.29. The van der Waals surface area contributed by atoms with Gasteiger partial charge < -0.3 is 19.2 Å². The van der Waals surface area contributed by atoms with Gasteiger partial charge in [0.2, 0.25) is 6.79 Å². The number of H-pyrrole nitrogens is 1. The largest absolute Gasteiger partial charge is 0.454 e. The van der Waals surface area contributed by atoms with E-state index in [4.69, 9.17) is 19.2 Å². The molecule has 2 aliphatic heterocycles. The minimum atomic E-state index is -0.0750. The Kier molecular flexibility index (Phi) is 5.66. The number of nitrogens with zero attached hydrogens (tertiary/aromatic N) is 2. The summed E-state index contributed by atoms with van der Waals surface area (Å²) in [5, 5.41) is 0.651. The lowest BCUT2D eigenvalue weighted by Gasteiger charge is -2.26. The van der Waals surface area contributed by atoms with E-state index in [0.29, 0.717) is 28.6 Å². The molecule has 1 aromatic heterocycles. The summed E-state index contributed by atoms with van der Waals surface area (Å²) in [7, 11) is 0. The van der Waals surface area contributed by atoms with E-state index in [1.54, 1.807) is 11.8 Å². The second-order valence-corrected chi connectivity index (χ2v) is 7.51. The first-order valence-corrected chi connectivity index (χ1v) is 10.2. The summed E-state index contributed by atoms with van der Waals surface area (Å²) in [6.45, 7) is 6.65. The molecule has 0 aliphatic carbocycles. The molecule has 1 N–H and O–H groups in total. The smallest absolute Gasteiger partial charge is 0.255 e. The number of thioether (sulfide) groups is 1. The van der Waals surface area contributed by atoms with Gasteiger partial charge in [0.1, 0.15) is 0 Å². The van der Waals surface area contributed by atoms with Crippen LogP contribution in [0.3, 0.4) is 0 Å². The SMILES string of the molecule is CCc1c(-c2ccc3c(c2)OCO3)nc(SCCN2CCOCC2)[nH]c1=O. The van der Waals surface area contributed by atoms with Gasteiger partial charge in [0.15, 0.2) is 16.7 Å². The molecule has 1 saturated heterocycles. The number of aromatic amines is 1. The molecule has 0 saturated carbocycles. The van der Waals surface area contributed by atoms with Crippen LogP contribution < -0.4 is 15.0 Å². The Bertz CT molecular complexity index is 865. The van der Waals surface area contributed by atoms with E-state index >= 15 is 0 Å². The molecule has 8 heteroatoms. The van der Waals surface area contributed by atoms with Gasteiger partial charge in [0.25, 0.3) is 5.56 Å². The van der Waals surface area contributed by atoms with Crippen molar-refractivity contribution in [3.05, 3.63) is 34.1 Å². The first kappa shape index (κ1) is 18.3. The summed E-state index contributed by atoms with van der Waals surface area (Å²) in [4.78, 5) is 22.6. The Morgan fingerprint density at radius 1 is 1.22 bits per heavy atom. The lowest BCUT2D eigenvalue weighted by molar-refractivity contribution is 0.0410. The Morgan fingerprint density at radius 3 is 2.85 bits per heavy atom. The number of ether oxygens (including phenoxy) is 3. The molecule has 7 nitrogen and oxygen atoms in total. The zero-order valence-electron chi connectivity index (χ0n) is 15.3. The maximum Gasteiger partial charge on any atom is 0.255 e. The fourth-order valence-corrected chi connectivity index (χ4v) is 4.12. The van der Waals surface area contributed by atoms with E-state index in [0.717, 1.165) is 49.9 Å². The molecular weight excluding hydrogens is 366 g/mol. The van der Waals surface area contributed by atoms with E-state index < -0.39 is 0 Å². The number of rotatable bonds is 6. The third kappa shape index (κ3) is 4.12. The summed E-state index contributed by atoms with van der Waals surface area (Å²) >= 11 is 1.58. The second-order valence-electron chi connectivity index (χ2n) is 6.42. The van der Waals surface area contributed by atoms with Gasteiger partial charge in [0, 0.05) is 36.5 Å². The highest BCUT2D eigenvalue weighted by molar-refractivity contribution is 7.99. The predicted molar refractivity (Wildman–Crippen MR) is 104 cm³/mol. The molecule has 0 unspecified atom stereocenters. The number of hydrogen-bond acceptors (Lipinski definition) is 7. The molecule has 2 aliphatic rings. The maximum atomic E-state index is 12.6. The minimum absolute atomic E-state index is 0.0750. The van der Waals surface area contributed by atoms with Crippen molar-refractivity contribution in [1.29, 1.82) is 0 Å². The molecule has 0 bridgehead atoms. The molecule has 0 amide bonds. The van der Waals surface area contributed by atoms with Crippen molar-refractivity contribution in [1.82, 2.24) is 14.9 Å². The highest BCUT2D eigenvalue weighted by atomic mass is 32.2. The standard InChI is InChI=1S/C19H23N3O4S/c1-2-14-17(13-3-4-15-16(11-13)26-12-25-15)20-19(21-18(14)23)27-10-7-22-5-8-24-9-6-22/h3-4,11H,2,5-10,12H2,1H3,(H,20,21,23). The van der Waals surface area contributed by atoms with E-state index in [9.17, 15) is 4.79 Å². The third-order valence-corrected chi connectivity index (χ3v) is 5.60. The van der Waals surface area contributed by atoms with Crippen LogP contribution in [0.2, 0.25) is 0 Å². The number of fused-ring (bicyclic) bond motifs is 1. The predicted octanol–water partition coefficient (Wildman–Crippen LogP) is 2.15. The minimum Gasteiger partial charge on any atom is -0.454 e. The van der Waals surface area contributed by atoms with Crippen LogP contribution in [0.15, 0.2) is 28.2 Å². The number of aromatic nitrogens is 2. The first-order chi connectivity index (χ1) is 13.2. The Labute approximate surface area is 162 Å². The van der Waals surface area contributed by atoms with E-state index in [1.807, 2.05) is 25.1 Å². The average Bonchev–Trinajstić information content (AvgIpc) is 3.16. The molecule has 2 aromatic rings. The van der Waals surface area contributed by atoms with Gasteiger partial charge in [-0.25, -0.2) is 4.98 Å². The molecule has 4 rings (SSSR count). The van der Waals surface area contributed by atoms with Crippen LogP contribution in [0.25, 0.3) is 11.3 Å². The van der Waals surface area contributed by atoms with Gasteiger partial charge in [-0.05, 0) is 24.6 Å². The molecular formula is C19H23N3O4S. The van der Waals surface area contributed by atoms with Gasteiger partial charge >= 0.3 is 0 Å². The fraction of sp³-hybridized carbons (Fsp3) is 0.474. The van der Waals surface area contributed by atoms with Crippen LogP contribution in [-0.2, 0) is 11.2 Å². The van der Waals surface area contributed by atoms with Crippen LogP contribution in [0.4, 0.5) is 0 Å². The lowest BCUT2D eigenvalue weighted by Crippen LogP contribution is -2.37. The van der Waals surface area contributed by atoms with Gasteiger partial charge in [-0.15, -0.1) is 0 Å². The summed E-state index contributed by atoms with van der Waals surface area (Å²) in [6.07, 6.45) is 0.616. The Hall–Kier alpha value is -2.03. The first-order valence-electron chi connectivity index (χ1n) is 9.20. The normalized spacial score (nSPS) is 16.6.